The highest BCUT2D eigenvalue weighted by atomic mass is 16.5. The molecule has 0 aromatic heterocycles. The Labute approximate surface area is 123 Å². The van der Waals surface area contributed by atoms with Crippen molar-refractivity contribution in [3.63, 3.8) is 0 Å². The molecule has 6 heteroatoms. The van der Waals surface area contributed by atoms with E-state index < -0.39 is 0 Å². The van der Waals surface area contributed by atoms with Gasteiger partial charge in [0.05, 0.1) is 18.5 Å². The Morgan fingerprint density at radius 2 is 2.05 bits per heavy atom. The average molecular weight is 284 g/mol. The van der Waals surface area contributed by atoms with E-state index in [1.807, 2.05) is 6.92 Å². The molecule has 0 radical (unpaired) electrons. The number of hydrogen-bond donors (Lipinski definition) is 2. The zero-order valence-electron chi connectivity index (χ0n) is 11.9. The third kappa shape index (κ3) is 4.88. The summed E-state index contributed by atoms with van der Waals surface area (Å²) in [5, 5.41) is 23.0. The minimum absolute atomic E-state index is 0.0661. The molecule has 0 spiro atoms. The molecule has 0 aliphatic carbocycles. The van der Waals surface area contributed by atoms with Crippen molar-refractivity contribution in [2.75, 3.05) is 17.7 Å². The van der Waals surface area contributed by atoms with Gasteiger partial charge < -0.3 is 15.4 Å². The lowest BCUT2D eigenvalue weighted by Crippen LogP contribution is -2.12. The molecule has 0 atom stereocenters. The highest BCUT2D eigenvalue weighted by Crippen LogP contribution is 2.27. The third-order valence-corrected chi connectivity index (χ3v) is 2.59. The zero-order valence-corrected chi connectivity index (χ0v) is 11.9. The van der Waals surface area contributed by atoms with Crippen LogP contribution in [-0.2, 0) is 4.79 Å². The number of nitriles is 2. The fourth-order valence-electron chi connectivity index (χ4n) is 1.56. The fraction of sp³-hybridized carbons (Fsp3) is 0.267. The number of rotatable bonds is 6. The molecule has 0 saturated carbocycles. The zero-order chi connectivity index (χ0) is 15.7. The van der Waals surface area contributed by atoms with Crippen molar-refractivity contribution in [2.45, 2.75) is 19.8 Å². The fourth-order valence-corrected chi connectivity index (χ4v) is 1.56. The summed E-state index contributed by atoms with van der Waals surface area (Å²) in [6.07, 6.45) is 2.45. The van der Waals surface area contributed by atoms with Crippen molar-refractivity contribution in [2.24, 2.45) is 0 Å². The van der Waals surface area contributed by atoms with Crippen molar-refractivity contribution in [3.8, 4) is 17.9 Å². The molecule has 0 fully saturated rings. The summed E-state index contributed by atoms with van der Waals surface area (Å²) in [5.41, 5.74) is 1.03. The number of hydrogen-bond acceptors (Lipinski definition) is 5. The Hall–Kier alpha value is -2.99. The molecule has 0 aliphatic heterocycles. The molecule has 0 unspecified atom stereocenters. The van der Waals surface area contributed by atoms with Gasteiger partial charge in [-0.3, -0.25) is 4.79 Å². The number of amides is 1. The van der Waals surface area contributed by atoms with E-state index in [1.165, 1.54) is 13.3 Å². The highest BCUT2D eigenvalue weighted by Gasteiger charge is 2.07. The topological polar surface area (TPSA) is 97.9 Å². The van der Waals surface area contributed by atoms with Crippen LogP contribution in [0.15, 0.2) is 30.0 Å². The molecular weight excluding hydrogens is 268 g/mol. The summed E-state index contributed by atoms with van der Waals surface area (Å²) in [6.45, 7) is 1.92. The first-order chi connectivity index (χ1) is 10.1. The Kier molecular flexibility index (Phi) is 6.30. The van der Waals surface area contributed by atoms with Crippen molar-refractivity contribution in [3.05, 3.63) is 30.0 Å². The number of anilines is 2. The van der Waals surface area contributed by atoms with Crippen molar-refractivity contribution in [1.82, 2.24) is 0 Å². The van der Waals surface area contributed by atoms with Crippen molar-refractivity contribution >= 4 is 17.3 Å². The standard InChI is InChI=1S/C15H16N4O2/c1-3-4-15(20)19-13-6-5-12(21-2)7-14(13)18-10-11(8-16)9-17/h5-7,10,18H,3-4H2,1-2H3,(H,19,20). The first-order valence-electron chi connectivity index (χ1n) is 6.39. The molecule has 1 rings (SSSR count). The van der Waals surface area contributed by atoms with Crippen molar-refractivity contribution in [1.29, 1.82) is 10.5 Å². The van der Waals surface area contributed by atoms with E-state index in [2.05, 4.69) is 10.6 Å². The van der Waals surface area contributed by atoms with E-state index in [0.717, 1.165) is 6.42 Å². The van der Waals surface area contributed by atoms with E-state index in [0.29, 0.717) is 23.5 Å². The Morgan fingerprint density at radius 3 is 2.62 bits per heavy atom. The molecule has 6 nitrogen and oxygen atoms in total. The van der Waals surface area contributed by atoms with E-state index in [-0.39, 0.29) is 11.5 Å². The van der Waals surface area contributed by atoms with Crippen LogP contribution in [-0.4, -0.2) is 13.0 Å². The van der Waals surface area contributed by atoms with Crippen LogP contribution in [0.1, 0.15) is 19.8 Å². The smallest absolute Gasteiger partial charge is 0.224 e. The molecule has 0 heterocycles. The van der Waals surface area contributed by atoms with Gasteiger partial charge in [-0.25, -0.2) is 0 Å². The second-order valence-electron chi connectivity index (χ2n) is 4.14. The SMILES string of the molecule is CCCC(=O)Nc1ccc(OC)cc1NC=C(C#N)C#N. The minimum Gasteiger partial charge on any atom is -0.497 e. The van der Waals surface area contributed by atoms with Crippen LogP contribution in [0.2, 0.25) is 0 Å². The maximum Gasteiger partial charge on any atom is 0.224 e. The van der Waals surface area contributed by atoms with Gasteiger partial charge in [-0.1, -0.05) is 6.92 Å². The predicted molar refractivity (Wildman–Crippen MR) is 79.5 cm³/mol. The maximum absolute atomic E-state index is 11.7. The summed E-state index contributed by atoms with van der Waals surface area (Å²) in [6, 6.07) is 8.58. The first-order valence-corrected chi connectivity index (χ1v) is 6.39. The van der Waals surface area contributed by atoms with Crippen molar-refractivity contribution < 1.29 is 9.53 Å². The van der Waals surface area contributed by atoms with Crippen LogP contribution in [0.4, 0.5) is 11.4 Å². The summed E-state index contributed by atoms with van der Waals surface area (Å²) >= 11 is 0. The number of allylic oxidation sites excluding steroid dienone is 1. The van der Waals surface area contributed by atoms with Gasteiger partial charge in [0.15, 0.2) is 0 Å². The van der Waals surface area contributed by atoms with Gasteiger partial charge in [-0.15, -0.1) is 0 Å². The molecule has 108 valence electrons. The normalized spacial score (nSPS) is 8.95. The molecule has 1 aromatic carbocycles. The van der Waals surface area contributed by atoms with Crippen LogP contribution in [0.3, 0.4) is 0 Å². The average Bonchev–Trinajstić information content (AvgIpc) is 2.49. The van der Waals surface area contributed by atoms with Crippen LogP contribution >= 0.6 is 0 Å². The lowest BCUT2D eigenvalue weighted by Gasteiger charge is -2.12. The van der Waals surface area contributed by atoms with Crippen LogP contribution in [0.25, 0.3) is 0 Å². The molecular formula is C15H16N4O2. The molecule has 0 bridgehead atoms. The predicted octanol–water partition coefficient (Wildman–Crippen LogP) is 2.78. The summed E-state index contributed by atoms with van der Waals surface area (Å²) in [5.74, 6) is 0.491. The largest absolute Gasteiger partial charge is 0.497 e. The van der Waals surface area contributed by atoms with E-state index in [4.69, 9.17) is 15.3 Å². The molecule has 1 amide bonds. The third-order valence-electron chi connectivity index (χ3n) is 2.59. The number of methoxy groups -OCH3 is 1. The van der Waals surface area contributed by atoms with E-state index in [1.54, 1.807) is 30.3 Å². The highest BCUT2D eigenvalue weighted by molar-refractivity contribution is 5.94. The lowest BCUT2D eigenvalue weighted by atomic mass is 10.2. The summed E-state index contributed by atoms with van der Waals surface area (Å²) < 4.78 is 5.12. The van der Waals surface area contributed by atoms with Crippen LogP contribution in [0, 0.1) is 22.7 Å². The van der Waals surface area contributed by atoms with E-state index in [9.17, 15) is 4.79 Å². The Balaban J connectivity index is 3.03. The number of carbonyl (C=O) groups excluding carboxylic acids is 1. The van der Waals surface area contributed by atoms with E-state index >= 15 is 0 Å². The number of nitrogens with one attached hydrogen (secondary N) is 2. The first kappa shape index (κ1) is 16.1. The maximum atomic E-state index is 11.7. The number of ether oxygens (including phenoxy) is 1. The van der Waals surface area contributed by atoms with Gasteiger partial charge in [0.1, 0.15) is 23.5 Å². The molecule has 0 aliphatic rings. The Bertz CT molecular complexity index is 608. The molecule has 1 aromatic rings. The van der Waals surface area contributed by atoms with Crippen LogP contribution in [0.5, 0.6) is 5.75 Å². The van der Waals surface area contributed by atoms with Gasteiger partial charge in [-0.05, 0) is 18.6 Å². The monoisotopic (exact) mass is 284 g/mol. The molecule has 0 saturated heterocycles. The summed E-state index contributed by atoms with van der Waals surface area (Å²) in [4.78, 5) is 11.7. The minimum atomic E-state index is -0.101. The van der Waals surface area contributed by atoms with Gasteiger partial charge in [0.2, 0.25) is 5.91 Å². The van der Waals surface area contributed by atoms with Crippen LogP contribution < -0.4 is 15.4 Å². The molecule has 2 N–H and O–H groups in total. The number of carbonyl (C=O) groups is 1. The second-order valence-corrected chi connectivity index (χ2v) is 4.14. The second kappa shape index (κ2) is 8.23. The lowest BCUT2D eigenvalue weighted by molar-refractivity contribution is -0.116. The van der Waals surface area contributed by atoms with Gasteiger partial charge >= 0.3 is 0 Å². The Morgan fingerprint density at radius 1 is 1.33 bits per heavy atom. The number of nitrogens with zero attached hydrogens (tertiary/aromatic N) is 2. The quantitative estimate of drug-likeness (QED) is 0.783. The van der Waals surface area contributed by atoms with Gasteiger partial charge in [0, 0.05) is 18.7 Å². The number of benzene rings is 1. The summed E-state index contributed by atoms with van der Waals surface area (Å²) in [7, 11) is 1.53. The molecule has 21 heavy (non-hydrogen) atoms. The van der Waals surface area contributed by atoms with Gasteiger partial charge in [0.25, 0.3) is 0 Å². The van der Waals surface area contributed by atoms with Gasteiger partial charge in [-0.2, -0.15) is 10.5 Å².